The van der Waals surface area contributed by atoms with Gasteiger partial charge in [-0.05, 0) is 42.5 Å². The number of carbonyl (C=O) groups excluding carboxylic acids is 1. The second-order valence-electron chi connectivity index (χ2n) is 9.39. The van der Waals surface area contributed by atoms with Crippen LogP contribution in [0.3, 0.4) is 0 Å². The molecular formula is C27H35F2N3O5. The summed E-state index contributed by atoms with van der Waals surface area (Å²) in [5.74, 6) is -0.536. The molecule has 0 radical (unpaired) electrons. The van der Waals surface area contributed by atoms with Crippen molar-refractivity contribution in [2.75, 3.05) is 78.8 Å². The molecule has 2 aliphatic heterocycles. The van der Waals surface area contributed by atoms with Gasteiger partial charge in [0.25, 0.3) is 5.91 Å². The van der Waals surface area contributed by atoms with E-state index in [0.29, 0.717) is 70.4 Å². The molecule has 202 valence electrons. The molecule has 2 unspecified atom stereocenters. The summed E-state index contributed by atoms with van der Waals surface area (Å²) >= 11 is 0. The highest BCUT2D eigenvalue weighted by Gasteiger charge is 2.27. The lowest BCUT2D eigenvalue weighted by Crippen LogP contribution is -2.52. The Labute approximate surface area is 216 Å². The predicted molar refractivity (Wildman–Crippen MR) is 134 cm³/mol. The fraction of sp³-hybridized carbons (Fsp3) is 0.519. The number of rotatable bonds is 11. The van der Waals surface area contributed by atoms with Crippen molar-refractivity contribution in [3.8, 4) is 5.75 Å². The fourth-order valence-electron chi connectivity index (χ4n) is 4.54. The van der Waals surface area contributed by atoms with Gasteiger partial charge in [-0.3, -0.25) is 14.6 Å². The van der Waals surface area contributed by atoms with Crippen LogP contribution in [0, 0.1) is 11.6 Å². The zero-order chi connectivity index (χ0) is 26.0. The maximum atomic E-state index is 13.8. The van der Waals surface area contributed by atoms with Gasteiger partial charge in [0.2, 0.25) is 0 Å². The van der Waals surface area contributed by atoms with Crippen molar-refractivity contribution in [1.82, 2.24) is 14.7 Å². The number of hydrogen-bond acceptors (Lipinski definition) is 7. The van der Waals surface area contributed by atoms with Crippen molar-refractivity contribution in [1.29, 1.82) is 0 Å². The number of nitrogens with zero attached hydrogens (tertiary/aromatic N) is 3. The average Bonchev–Trinajstić information content (AvgIpc) is 2.91. The molecule has 0 spiro atoms. The van der Waals surface area contributed by atoms with Gasteiger partial charge in [-0.2, -0.15) is 0 Å². The number of morpholine rings is 2. The largest absolute Gasteiger partial charge is 0.491 e. The topological polar surface area (TPSA) is 74.7 Å². The third-order valence-corrected chi connectivity index (χ3v) is 6.52. The molecule has 0 bridgehead atoms. The molecule has 0 saturated carbocycles. The summed E-state index contributed by atoms with van der Waals surface area (Å²) in [6.45, 7) is 6.64. The van der Waals surface area contributed by atoms with Crippen LogP contribution in [0.2, 0.25) is 0 Å². The predicted octanol–water partition coefficient (Wildman–Crippen LogP) is 1.88. The second-order valence-corrected chi connectivity index (χ2v) is 9.39. The van der Waals surface area contributed by atoms with E-state index >= 15 is 0 Å². The molecule has 8 nitrogen and oxygen atoms in total. The summed E-state index contributed by atoms with van der Waals surface area (Å²) in [7, 11) is 0. The quantitative estimate of drug-likeness (QED) is 0.486. The Hall–Kier alpha value is -2.63. The van der Waals surface area contributed by atoms with Crippen molar-refractivity contribution < 1.29 is 32.9 Å². The number of benzene rings is 2. The Bertz CT molecular complexity index is 990. The zero-order valence-corrected chi connectivity index (χ0v) is 20.9. The molecule has 4 rings (SSSR count). The van der Waals surface area contributed by atoms with Gasteiger partial charge in [-0.25, -0.2) is 8.78 Å². The Kier molecular flexibility index (Phi) is 10.2. The molecule has 2 saturated heterocycles. The first-order valence-corrected chi connectivity index (χ1v) is 12.7. The molecule has 2 atom stereocenters. The molecule has 2 aliphatic rings. The Morgan fingerprint density at radius 1 is 1.05 bits per heavy atom. The third kappa shape index (κ3) is 8.72. The molecule has 0 aliphatic carbocycles. The van der Waals surface area contributed by atoms with Crippen LogP contribution in [-0.4, -0.2) is 117 Å². The smallest absolute Gasteiger partial charge is 0.254 e. The molecule has 2 aromatic carbocycles. The monoisotopic (exact) mass is 519 g/mol. The van der Waals surface area contributed by atoms with Gasteiger partial charge in [0.05, 0.1) is 25.9 Å². The van der Waals surface area contributed by atoms with Crippen LogP contribution in [-0.2, 0) is 9.47 Å². The maximum absolute atomic E-state index is 13.8. The number of aliphatic hydroxyl groups excluding tert-OH is 1. The van der Waals surface area contributed by atoms with Gasteiger partial charge >= 0.3 is 0 Å². The van der Waals surface area contributed by atoms with Crippen LogP contribution >= 0.6 is 0 Å². The van der Waals surface area contributed by atoms with Crippen LogP contribution in [0.1, 0.15) is 10.4 Å². The van der Waals surface area contributed by atoms with Crippen LogP contribution in [0.5, 0.6) is 5.75 Å². The average molecular weight is 520 g/mol. The van der Waals surface area contributed by atoms with Crippen molar-refractivity contribution in [3.05, 3.63) is 65.7 Å². The summed E-state index contributed by atoms with van der Waals surface area (Å²) in [5, 5.41) is 10.5. The Balaban J connectivity index is 1.32. The summed E-state index contributed by atoms with van der Waals surface area (Å²) < 4.78 is 43.8. The van der Waals surface area contributed by atoms with Crippen molar-refractivity contribution in [3.63, 3.8) is 0 Å². The normalized spacial score (nSPS) is 19.9. The standard InChI is InChI=1S/C27H35F2N3O5/c28-22-4-6-25(7-5-22)37-20-24(33)17-31-12-15-36-26(18-31)19-32(9-8-30-10-13-35-14-11-30)27(34)21-2-1-3-23(29)16-21/h1-7,16,24,26,33H,8-15,17-20H2. The first-order valence-electron chi connectivity index (χ1n) is 12.7. The summed E-state index contributed by atoms with van der Waals surface area (Å²) in [5.41, 5.74) is 0.308. The van der Waals surface area contributed by atoms with E-state index in [2.05, 4.69) is 9.80 Å². The van der Waals surface area contributed by atoms with E-state index in [9.17, 15) is 18.7 Å². The van der Waals surface area contributed by atoms with Crippen LogP contribution in [0.4, 0.5) is 8.78 Å². The van der Waals surface area contributed by atoms with E-state index < -0.39 is 11.9 Å². The lowest BCUT2D eigenvalue weighted by Gasteiger charge is -2.37. The Morgan fingerprint density at radius 3 is 2.57 bits per heavy atom. The SMILES string of the molecule is O=C(c1cccc(F)c1)N(CCN1CCOCC1)CC1CN(CC(O)COc2ccc(F)cc2)CCO1. The van der Waals surface area contributed by atoms with E-state index in [1.807, 2.05) is 0 Å². The summed E-state index contributed by atoms with van der Waals surface area (Å²) in [6, 6.07) is 11.4. The molecule has 2 heterocycles. The number of aliphatic hydroxyl groups is 1. The molecule has 1 N–H and O–H groups in total. The minimum Gasteiger partial charge on any atom is -0.491 e. The van der Waals surface area contributed by atoms with Crippen molar-refractivity contribution in [2.45, 2.75) is 12.2 Å². The van der Waals surface area contributed by atoms with Crippen molar-refractivity contribution in [2.24, 2.45) is 0 Å². The van der Waals surface area contributed by atoms with Crippen LogP contribution in [0.25, 0.3) is 0 Å². The van der Waals surface area contributed by atoms with E-state index in [1.54, 1.807) is 11.0 Å². The fourth-order valence-corrected chi connectivity index (χ4v) is 4.54. The van der Waals surface area contributed by atoms with Crippen LogP contribution < -0.4 is 4.74 Å². The molecule has 10 heteroatoms. The molecular weight excluding hydrogens is 484 g/mol. The number of carbonyl (C=O) groups is 1. The molecule has 2 fully saturated rings. The molecule has 0 aromatic heterocycles. The number of halogens is 2. The minimum atomic E-state index is -0.741. The van der Waals surface area contributed by atoms with Gasteiger partial charge in [0.15, 0.2) is 0 Å². The van der Waals surface area contributed by atoms with E-state index in [-0.39, 0.29) is 24.4 Å². The minimum absolute atomic E-state index is 0.0807. The maximum Gasteiger partial charge on any atom is 0.254 e. The van der Waals surface area contributed by atoms with Gasteiger partial charge in [-0.15, -0.1) is 0 Å². The molecule has 37 heavy (non-hydrogen) atoms. The number of β-amino-alcohol motifs (C(OH)–C–C–N with tert-alkyl or cyclic N) is 1. The highest BCUT2D eigenvalue weighted by Crippen LogP contribution is 2.14. The van der Waals surface area contributed by atoms with Gasteiger partial charge in [0.1, 0.15) is 30.1 Å². The Morgan fingerprint density at radius 2 is 1.81 bits per heavy atom. The van der Waals surface area contributed by atoms with Gasteiger partial charge < -0.3 is 24.2 Å². The first-order chi connectivity index (χ1) is 18.0. The molecule has 1 amide bonds. The lowest BCUT2D eigenvalue weighted by atomic mass is 10.1. The highest BCUT2D eigenvalue weighted by atomic mass is 19.1. The lowest BCUT2D eigenvalue weighted by molar-refractivity contribution is -0.0545. The second kappa shape index (κ2) is 13.8. The number of amides is 1. The van der Waals surface area contributed by atoms with Gasteiger partial charge in [-0.1, -0.05) is 6.07 Å². The van der Waals surface area contributed by atoms with Gasteiger partial charge in [0, 0.05) is 57.9 Å². The number of ether oxygens (including phenoxy) is 3. The van der Waals surface area contributed by atoms with Crippen LogP contribution in [0.15, 0.2) is 48.5 Å². The van der Waals surface area contributed by atoms with E-state index in [1.165, 1.54) is 42.5 Å². The van der Waals surface area contributed by atoms with Crippen molar-refractivity contribution >= 4 is 5.91 Å². The first kappa shape index (κ1) is 27.4. The van der Waals surface area contributed by atoms with E-state index in [0.717, 1.165) is 13.1 Å². The third-order valence-electron chi connectivity index (χ3n) is 6.52. The van der Waals surface area contributed by atoms with E-state index in [4.69, 9.17) is 14.2 Å². The highest BCUT2D eigenvalue weighted by molar-refractivity contribution is 5.94. The zero-order valence-electron chi connectivity index (χ0n) is 20.9. The summed E-state index contributed by atoms with van der Waals surface area (Å²) in [6.07, 6.45) is -0.990. The number of hydrogen-bond donors (Lipinski definition) is 1. The summed E-state index contributed by atoms with van der Waals surface area (Å²) in [4.78, 5) is 19.4. The molecule has 2 aromatic rings.